The van der Waals surface area contributed by atoms with E-state index in [1.807, 2.05) is 50.2 Å². The van der Waals surface area contributed by atoms with Crippen LogP contribution >= 0.6 is 0 Å². The zero-order valence-electron chi connectivity index (χ0n) is 15.1. The molecule has 4 nitrogen and oxygen atoms in total. The number of nitrogens with zero attached hydrogens (tertiary/aromatic N) is 2. The summed E-state index contributed by atoms with van der Waals surface area (Å²) in [5.41, 5.74) is 3.05. The second-order valence-corrected chi connectivity index (χ2v) is 6.36. The van der Waals surface area contributed by atoms with Gasteiger partial charge in [-0.2, -0.15) is 5.10 Å². The Morgan fingerprint density at radius 2 is 1.88 bits per heavy atom. The number of aromatic nitrogens is 2. The van der Waals surface area contributed by atoms with Crippen LogP contribution < -0.4 is 4.74 Å². The van der Waals surface area contributed by atoms with Crippen LogP contribution in [0.15, 0.2) is 42.5 Å². The minimum Gasteiger partial charge on any atom is -0.484 e. The van der Waals surface area contributed by atoms with Crippen LogP contribution in [0.25, 0.3) is 10.8 Å². The van der Waals surface area contributed by atoms with Crippen LogP contribution in [-0.2, 0) is 6.42 Å². The molecule has 0 fully saturated rings. The van der Waals surface area contributed by atoms with E-state index < -0.39 is 0 Å². The van der Waals surface area contributed by atoms with E-state index >= 15 is 0 Å². The number of ether oxygens (including phenoxy) is 1. The molecule has 2 aromatic carbocycles. The first-order chi connectivity index (χ1) is 12.1. The van der Waals surface area contributed by atoms with Crippen molar-refractivity contribution < 1.29 is 9.53 Å². The Balaban J connectivity index is 1.71. The second kappa shape index (κ2) is 7.51. The molecule has 0 aliphatic carbocycles. The topological polar surface area (TPSA) is 44.1 Å². The molecular weight excluding hydrogens is 312 g/mol. The monoisotopic (exact) mass is 336 g/mol. The molecule has 1 heterocycles. The molecule has 3 rings (SSSR count). The Labute approximate surface area is 148 Å². The molecule has 0 saturated carbocycles. The number of unbranched alkanes of at least 4 members (excludes halogenated alkanes) is 1. The summed E-state index contributed by atoms with van der Waals surface area (Å²) in [5.74, 6) is 0.552. The minimum absolute atomic E-state index is 0.0203. The van der Waals surface area contributed by atoms with Crippen molar-refractivity contribution in [3.8, 4) is 5.75 Å². The van der Waals surface area contributed by atoms with Crippen LogP contribution in [0, 0.1) is 13.8 Å². The van der Waals surface area contributed by atoms with E-state index in [-0.39, 0.29) is 12.5 Å². The maximum atomic E-state index is 12.5. The molecule has 0 spiro atoms. The molecule has 130 valence electrons. The third-order valence-corrected chi connectivity index (χ3v) is 4.54. The summed E-state index contributed by atoms with van der Waals surface area (Å²) in [6.07, 6.45) is 3.20. The summed E-state index contributed by atoms with van der Waals surface area (Å²) in [6.45, 7) is 6.07. The smallest absolute Gasteiger partial charge is 0.284 e. The van der Waals surface area contributed by atoms with Gasteiger partial charge < -0.3 is 4.74 Å². The summed E-state index contributed by atoms with van der Waals surface area (Å²) < 4.78 is 7.19. The van der Waals surface area contributed by atoms with Crippen LogP contribution in [-0.4, -0.2) is 22.3 Å². The molecule has 1 aromatic heterocycles. The second-order valence-electron chi connectivity index (χ2n) is 6.36. The molecule has 0 bridgehead atoms. The van der Waals surface area contributed by atoms with Gasteiger partial charge in [-0.1, -0.05) is 43.7 Å². The first-order valence-corrected chi connectivity index (χ1v) is 8.80. The lowest BCUT2D eigenvalue weighted by atomic mass is 10.1. The van der Waals surface area contributed by atoms with Gasteiger partial charge in [0, 0.05) is 5.69 Å². The predicted octanol–water partition coefficient (Wildman–Crippen LogP) is 4.71. The van der Waals surface area contributed by atoms with Gasteiger partial charge in [0.1, 0.15) is 5.75 Å². The van der Waals surface area contributed by atoms with Crippen LogP contribution in [0.4, 0.5) is 0 Å². The van der Waals surface area contributed by atoms with Gasteiger partial charge in [-0.25, -0.2) is 4.68 Å². The minimum atomic E-state index is -0.142. The molecule has 25 heavy (non-hydrogen) atoms. The van der Waals surface area contributed by atoms with E-state index in [4.69, 9.17) is 4.74 Å². The Kier molecular flexibility index (Phi) is 5.17. The Bertz CT molecular complexity index is 896. The summed E-state index contributed by atoms with van der Waals surface area (Å²) in [5, 5.41) is 6.66. The fraction of sp³-hybridized carbons (Fsp3) is 0.333. The van der Waals surface area contributed by atoms with E-state index in [0.717, 1.165) is 41.4 Å². The third kappa shape index (κ3) is 3.73. The van der Waals surface area contributed by atoms with Crippen molar-refractivity contribution in [2.75, 3.05) is 6.61 Å². The molecule has 0 aliphatic heterocycles. The lowest BCUT2D eigenvalue weighted by Crippen LogP contribution is -2.21. The fourth-order valence-corrected chi connectivity index (χ4v) is 3.10. The number of aryl methyl sites for hydroxylation is 1. The molecular formula is C21H24N2O2. The van der Waals surface area contributed by atoms with Crippen molar-refractivity contribution >= 4 is 16.7 Å². The highest BCUT2D eigenvalue weighted by Gasteiger charge is 2.16. The number of carbonyl (C=O) groups is 1. The van der Waals surface area contributed by atoms with Gasteiger partial charge in [0.2, 0.25) is 0 Å². The zero-order valence-corrected chi connectivity index (χ0v) is 15.1. The van der Waals surface area contributed by atoms with E-state index in [2.05, 4.69) is 18.1 Å². The number of carbonyl (C=O) groups excluding carboxylic acids is 1. The molecule has 0 saturated heterocycles. The van der Waals surface area contributed by atoms with E-state index in [0.29, 0.717) is 5.75 Å². The lowest BCUT2D eigenvalue weighted by Gasteiger charge is -2.08. The first kappa shape index (κ1) is 17.2. The predicted molar refractivity (Wildman–Crippen MR) is 100 cm³/mol. The van der Waals surface area contributed by atoms with Gasteiger partial charge in [-0.05, 0) is 55.2 Å². The molecule has 0 atom stereocenters. The molecule has 0 N–H and O–H groups in total. The largest absolute Gasteiger partial charge is 0.484 e. The molecule has 0 radical (unpaired) electrons. The maximum absolute atomic E-state index is 12.5. The normalized spacial score (nSPS) is 11.0. The quantitative estimate of drug-likeness (QED) is 0.654. The van der Waals surface area contributed by atoms with Crippen molar-refractivity contribution in [2.24, 2.45) is 0 Å². The Hall–Kier alpha value is -2.62. The van der Waals surface area contributed by atoms with E-state index in [1.54, 1.807) is 0 Å². The van der Waals surface area contributed by atoms with Gasteiger partial charge in [0.25, 0.3) is 5.91 Å². The summed E-state index contributed by atoms with van der Waals surface area (Å²) in [4.78, 5) is 12.5. The Morgan fingerprint density at radius 1 is 1.12 bits per heavy atom. The highest BCUT2D eigenvalue weighted by molar-refractivity contribution is 5.84. The van der Waals surface area contributed by atoms with Crippen molar-refractivity contribution in [3.63, 3.8) is 0 Å². The van der Waals surface area contributed by atoms with Crippen molar-refractivity contribution in [2.45, 2.75) is 40.0 Å². The van der Waals surface area contributed by atoms with Crippen LogP contribution in [0.5, 0.6) is 5.75 Å². The zero-order chi connectivity index (χ0) is 17.8. The number of benzene rings is 2. The highest BCUT2D eigenvalue weighted by Crippen LogP contribution is 2.21. The number of fused-ring (bicyclic) bond motifs is 1. The number of rotatable bonds is 6. The number of hydrogen-bond acceptors (Lipinski definition) is 3. The fourth-order valence-electron chi connectivity index (χ4n) is 3.10. The number of hydrogen-bond donors (Lipinski definition) is 0. The van der Waals surface area contributed by atoms with Crippen LogP contribution in [0.3, 0.4) is 0 Å². The SMILES string of the molecule is CCCCc1c(C)nn(C(=O)COc2ccc3ccccc3c2)c1C. The van der Waals surface area contributed by atoms with Gasteiger partial charge in [0.15, 0.2) is 6.61 Å². The van der Waals surface area contributed by atoms with Crippen LogP contribution in [0.2, 0.25) is 0 Å². The highest BCUT2D eigenvalue weighted by atomic mass is 16.5. The van der Waals surface area contributed by atoms with Gasteiger partial charge >= 0.3 is 0 Å². The van der Waals surface area contributed by atoms with Crippen LogP contribution in [0.1, 0.15) is 41.5 Å². The molecule has 4 heteroatoms. The lowest BCUT2D eigenvalue weighted by molar-refractivity contribution is 0.0818. The molecule has 3 aromatic rings. The van der Waals surface area contributed by atoms with Crippen molar-refractivity contribution in [3.05, 3.63) is 59.4 Å². The standard InChI is InChI=1S/C21H24N2O2/c1-4-5-10-20-15(2)22-23(16(20)3)21(24)14-25-19-12-11-17-8-6-7-9-18(17)13-19/h6-9,11-13H,4-5,10,14H2,1-3H3. The van der Waals surface area contributed by atoms with Gasteiger partial charge in [-0.3, -0.25) is 4.79 Å². The van der Waals surface area contributed by atoms with Crippen molar-refractivity contribution in [1.29, 1.82) is 0 Å². The summed E-state index contributed by atoms with van der Waals surface area (Å²) in [6, 6.07) is 13.9. The average molecular weight is 336 g/mol. The summed E-state index contributed by atoms with van der Waals surface area (Å²) in [7, 11) is 0. The van der Waals surface area contributed by atoms with Gasteiger partial charge in [0.05, 0.1) is 5.69 Å². The van der Waals surface area contributed by atoms with Gasteiger partial charge in [-0.15, -0.1) is 0 Å². The first-order valence-electron chi connectivity index (χ1n) is 8.80. The average Bonchev–Trinajstić information content (AvgIpc) is 2.92. The summed E-state index contributed by atoms with van der Waals surface area (Å²) >= 11 is 0. The third-order valence-electron chi connectivity index (χ3n) is 4.54. The molecule has 0 unspecified atom stereocenters. The van der Waals surface area contributed by atoms with Crippen molar-refractivity contribution in [1.82, 2.24) is 9.78 Å². The molecule has 0 amide bonds. The Morgan fingerprint density at radius 3 is 2.64 bits per heavy atom. The molecule has 0 aliphatic rings. The van der Waals surface area contributed by atoms with E-state index in [9.17, 15) is 4.79 Å². The van der Waals surface area contributed by atoms with E-state index in [1.165, 1.54) is 10.2 Å². The maximum Gasteiger partial charge on any atom is 0.284 e.